The number of carbonyl (C=O) groups is 2. The molecule has 2 rings (SSSR count). The van der Waals surface area contributed by atoms with Crippen LogP contribution in [0.3, 0.4) is 0 Å². The zero-order chi connectivity index (χ0) is 17.9. The molecule has 2 aromatic carbocycles. The normalized spacial score (nSPS) is 10.0. The maximum atomic E-state index is 12.1. The summed E-state index contributed by atoms with van der Waals surface area (Å²) in [5.74, 6) is -2.48. The lowest BCUT2D eigenvalue weighted by molar-refractivity contribution is -0.384. The second kappa shape index (κ2) is 6.65. The standard InChI is InChI=1S/C15H12N2O7/c1-24-15(21)10-6-11(13(19)7-12(10)18)16-14(20)8-2-4-9(5-3-8)17(22)23/h2-7,18-19H,1H3,(H,16,20). The van der Waals surface area contributed by atoms with Crippen LogP contribution in [0.4, 0.5) is 11.4 Å². The third-order valence-electron chi connectivity index (χ3n) is 3.11. The minimum absolute atomic E-state index is 0.104. The molecule has 0 saturated carbocycles. The number of aromatic hydroxyl groups is 2. The zero-order valence-electron chi connectivity index (χ0n) is 12.3. The summed E-state index contributed by atoms with van der Waals surface area (Å²) in [7, 11) is 1.11. The quantitative estimate of drug-likeness (QED) is 0.256. The molecule has 9 nitrogen and oxygen atoms in total. The Morgan fingerprint density at radius 1 is 1.12 bits per heavy atom. The van der Waals surface area contributed by atoms with E-state index in [9.17, 15) is 29.9 Å². The summed E-state index contributed by atoms with van der Waals surface area (Å²) >= 11 is 0. The molecule has 2 aromatic rings. The Hall–Kier alpha value is -3.62. The van der Waals surface area contributed by atoms with Crippen LogP contribution >= 0.6 is 0 Å². The number of nitro groups is 1. The number of hydrogen-bond acceptors (Lipinski definition) is 7. The molecule has 0 aliphatic carbocycles. The second-order valence-corrected chi connectivity index (χ2v) is 4.64. The number of phenols is 2. The van der Waals surface area contributed by atoms with Crippen molar-refractivity contribution in [3.05, 3.63) is 57.6 Å². The molecule has 0 fully saturated rings. The van der Waals surface area contributed by atoms with Crippen LogP contribution in [-0.4, -0.2) is 34.1 Å². The number of methoxy groups -OCH3 is 1. The number of nitrogens with zero attached hydrogens (tertiary/aromatic N) is 1. The highest BCUT2D eigenvalue weighted by Crippen LogP contribution is 2.32. The third-order valence-corrected chi connectivity index (χ3v) is 3.11. The largest absolute Gasteiger partial charge is 0.507 e. The fourth-order valence-electron chi connectivity index (χ4n) is 1.88. The third kappa shape index (κ3) is 3.40. The topological polar surface area (TPSA) is 139 Å². The molecule has 0 unspecified atom stereocenters. The predicted molar refractivity (Wildman–Crippen MR) is 82.2 cm³/mol. The minimum Gasteiger partial charge on any atom is -0.507 e. The van der Waals surface area contributed by atoms with Crippen LogP contribution in [0, 0.1) is 10.1 Å². The van der Waals surface area contributed by atoms with Gasteiger partial charge < -0.3 is 20.3 Å². The van der Waals surface area contributed by atoms with Gasteiger partial charge in [0, 0.05) is 23.8 Å². The number of benzene rings is 2. The summed E-state index contributed by atoms with van der Waals surface area (Å²) in [5.41, 5.74) is -0.439. The van der Waals surface area contributed by atoms with E-state index in [0.717, 1.165) is 31.4 Å². The first-order chi connectivity index (χ1) is 11.3. The van der Waals surface area contributed by atoms with Crippen molar-refractivity contribution < 1.29 is 29.5 Å². The Morgan fingerprint density at radius 2 is 1.75 bits per heavy atom. The molecule has 1 amide bonds. The van der Waals surface area contributed by atoms with Gasteiger partial charge in [-0.3, -0.25) is 14.9 Å². The average Bonchev–Trinajstić information content (AvgIpc) is 2.56. The van der Waals surface area contributed by atoms with E-state index in [0.29, 0.717) is 0 Å². The van der Waals surface area contributed by atoms with E-state index in [4.69, 9.17) is 0 Å². The smallest absolute Gasteiger partial charge is 0.341 e. The van der Waals surface area contributed by atoms with Crippen molar-refractivity contribution in [2.24, 2.45) is 0 Å². The molecular formula is C15H12N2O7. The van der Waals surface area contributed by atoms with Gasteiger partial charge in [0.15, 0.2) is 0 Å². The number of phenolic OH excluding ortho intramolecular Hbond substituents is 2. The van der Waals surface area contributed by atoms with Crippen molar-refractivity contribution in [2.75, 3.05) is 12.4 Å². The van der Waals surface area contributed by atoms with Crippen LogP contribution in [0.1, 0.15) is 20.7 Å². The highest BCUT2D eigenvalue weighted by atomic mass is 16.6. The van der Waals surface area contributed by atoms with Gasteiger partial charge in [0.25, 0.3) is 11.6 Å². The van der Waals surface area contributed by atoms with Crippen molar-refractivity contribution >= 4 is 23.3 Å². The van der Waals surface area contributed by atoms with E-state index in [2.05, 4.69) is 10.1 Å². The molecule has 0 aliphatic heterocycles. The lowest BCUT2D eigenvalue weighted by Gasteiger charge is -2.10. The number of ether oxygens (including phenoxy) is 1. The molecule has 0 heterocycles. The summed E-state index contributed by atoms with van der Waals surface area (Å²) < 4.78 is 4.48. The number of carbonyl (C=O) groups excluding carboxylic acids is 2. The van der Waals surface area contributed by atoms with Crippen LogP contribution in [0.25, 0.3) is 0 Å². The molecular weight excluding hydrogens is 320 g/mol. The molecule has 0 bridgehead atoms. The van der Waals surface area contributed by atoms with E-state index in [1.165, 1.54) is 12.1 Å². The van der Waals surface area contributed by atoms with Gasteiger partial charge in [0.2, 0.25) is 0 Å². The van der Waals surface area contributed by atoms with Crippen LogP contribution in [-0.2, 0) is 4.74 Å². The van der Waals surface area contributed by atoms with E-state index >= 15 is 0 Å². The van der Waals surface area contributed by atoms with Crippen molar-refractivity contribution in [1.29, 1.82) is 0 Å². The highest BCUT2D eigenvalue weighted by molar-refractivity contribution is 6.06. The molecule has 3 N–H and O–H groups in total. The molecule has 124 valence electrons. The first-order valence-electron chi connectivity index (χ1n) is 6.53. The summed E-state index contributed by atoms with van der Waals surface area (Å²) in [6, 6.07) is 6.74. The molecule has 0 atom stereocenters. The predicted octanol–water partition coefficient (Wildman–Crippen LogP) is 2.04. The number of nitrogens with one attached hydrogen (secondary N) is 1. The highest BCUT2D eigenvalue weighted by Gasteiger charge is 2.18. The van der Waals surface area contributed by atoms with E-state index in [1.54, 1.807) is 0 Å². The fraction of sp³-hybridized carbons (Fsp3) is 0.0667. The van der Waals surface area contributed by atoms with E-state index in [-0.39, 0.29) is 22.5 Å². The minimum atomic E-state index is -0.849. The molecule has 0 spiro atoms. The Balaban J connectivity index is 2.28. The average molecular weight is 332 g/mol. The van der Waals surface area contributed by atoms with Crippen molar-refractivity contribution in [3.8, 4) is 11.5 Å². The molecule has 0 aromatic heterocycles. The van der Waals surface area contributed by atoms with Crippen LogP contribution < -0.4 is 5.32 Å². The van der Waals surface area contributed by atoms with Gasteiger partial charge in [-0.25, -0.2) is 4.79 Å². The zero-order valence-corrected chi connectivity index (χ0v) is 12.3. The van der Waals surface area contributed by atoms with Gasteiger partial charge in [0.05, 0.1) is 17.7 Å². The maximum absolute atomic E-state index is 12.1. The van der Waals surface area contributed by atoms with Gasteiger partial charge in [-0.1, -0.05) is 0 Å². The first kappa shape index (κ1) is 16.7. The number of nitro benzene ring substituents is 1. The fourth-order valence-corrected chi connectivity index (χ4v) is 1.88. The van der Waals surface area contributed by atoms with E-state index < -0.39 is 28.3 Å². The van der Waals surface area contributed by atoms with E-state index in [1.807, 2.05) is 0 Å². The Morgan fingerprint density at radius 3 is 2.29 bits per heavy atom. The lowest BCUT2D eigenvalue weighted by Crippen LogP contribution is -2.13. The van der Waals surface area contributed by atoms with Gasteiger partial charge >= 0.3 is 5.97 Å². The number of amides is 1. The maximum Gasteiger partial charge on any atom is 0.341 e. The Bertz CT molecular complexity index is 815. The van der Waals surface area contributed by atoms with Crippen molar-refractivity contribution in [1.82, 2.24) is 0 Å². The Labute approximate surface area is 135 Å². The first-order valence-corrected chi connectivity index (χ1v) is 6.53. The monoisotopic (exact) mass is 332 g/mol. The summed E-state index contributed by atoms with van der Waals surface area (Å²) in [6.45, 7) is 0. The number of rotatable bonds is 4. The number of non-ortho nitro benzene ring substituents is 1. The number of anilines is 1. The number of hydrogen-bond donors (Lipinski definition) is 3. The van der Waals surface area contributed by atoms with Gasteiger partial charge in [-0.05, 0) is 18.2 Å². The van der Waals surface area contributed by atoms with Crippen molar-refractivity contribution in [3.63, 3.8) is 0 Å². The van der Waals surface area contributed by atoms with Crippen molar-refractivity contribution in [2.45, 2.75) is 0 Å². The van der Waals surface area contributed by atoms with Gasteiger partial charge in [-0.15, -0.1) is 0 Å². The summed E-state index contributed by atoms with van der Waals surface area (Å²) in [6.07, 6.45) is 0. The summed E-state index contributed by atoms with van der Waals surface area (Å²) in [4.78, 5) is 33.6. The molecule has 0 saturated heterocycles. The van der Waals surface area contributed by atoms with Crippen LogP contribution in [0.15, 0.2) is 36.4 Å². The number of esters is 1. The molecule has 24 heavy (non-hydrogen) atoms. The Kier molecular flexibility index (Phi) is 4.64. The van der Waals surface area contributed by atoms with Gasteiger partial charge in [-0.2, -0.15) is 0 Å². The van der Waals surface area contributed by atoms with Crippen LogP contribution in [0.2, 0.25) is 0 Å². The lowest BCUT2D eigenvalue weighted by atomic mass is 10.1. The molecule has 9 heteroatoms. The summed E-state index contributed by atoms with van der Waals surface area (Å²) in [5, 5.41) is 32.3. The SMILES string of the molecule is COC(=O)c1cc(NC(=O)c2ccc([N+](=O)[O-])cc2)c(O)cc1O. The van der Waals surface area contributed by atoms with Gasteiger partial charge in [0.1, 0.15) is 17.1 Å². The van der Waals surface area contributed by atoms with Crippen LogP contribution in [0.5, 0.6) is 11.5 Å². The molecule has 0 aliphatic rings. The molecule has 0 radical (unpaired) electrons. The second-order valence-electron chi connectivity index (χ2n) is 4.64.